The Labute approximate surface area is 163 Å². The highest BCUT2D eigenvalue weighted by atomic mass is 35.5. The SMILES string of the molecule is COc1c(Cl)cc(Cl)cc1/C=C1/C(=O)N(C2CCCCC2)C(=S)N1C. The van der Waals surface area contributed by atoms with Gasteiger partial charge in [-0.2, -0.15) is 0 Å². The standard InChI is InChI=1S/C18H20Cl2N2O2S/c1-21-15(9-11-8-12(19)10-14(20)16(11)24-2)17(23)22(18(21)25)13-6-4-3-5-7-13/h8-10,13H,3-7H2,1-2H3/b15-9-. The molecule has 1 aliphatic heterocycles. The highest BCUT2D eigenvalue weighted by Gasteiger charge is 2.40. The van der Waals surface area contributed by atoms with E-state index in [0.29, 0.717) is 32.2 Å². The second-order valence-electron chi connectivity index (χ2n) is 6.35. The van der Waals surface area contributed by atoms with Crippen LogP contribution in [-0.4, -0.2) is 41.0 Å². The van der Waals surface area contributed by atoms with Gasteiger partial charge in [-0.1, -0.05) is 42.5 Å². The van der Waals surface area contributed by atoms with Gasteiger partial charge in [0.15, 0.2) is 5.11 Å². The molecule has 1 heterocycles. The summed E-state index contributed by atoms with van der Waals surface area (Å²) >= 11 is 17.8. The van der Waals surface area contributed by atoms with Crippen LogP contribution in [0.25, 0.3) is 6.08 Å². The second kappa shape index (κ2) is 7.52. The molecule has 0 spiro atoms. The van der Waals surface area contributed by atoms with E-state index >= 15 is 0 Å². The predicted octanol–water partition coefficient (Wildman–Crippen LogP) is 4.73. The maximum Gasteiger partial charge on any atom is 0.277 e. The van der Waals surface area contributed by atoms with Gasteiger partial charge in [-0.15, -0.1) is 0 Å². The Morgan fingerprint density at radius 1 is 1.24 bits per heavy atom. The first kappa shape index (κ1) is 18.5. The van der Waals surface area contributed by atoms with Gasteiger partial charge in [0.1, 0.15) is 11.4 Å². The minimum Gasteiger partial charge on any atom is -0.495 e. The molecular weight excluding hydrogens is 379 g/mol. The normalized spacial score (nSPS) is 20.7. The highest BCUT2D eigenvalue weighted by molar-refractivity contribution is 7.80. The zero-order chi connectivity index (χ0) is 18.1. The van der Waals surface area contributed by atoms with Crippen molar-refractivity contribution in [1.29, 1.82) is 0 Å². The maximum absolute atomic E-state index is 13.0. The van der Waals surface area contributed by atoms with Crippen molar-refractivity contribution in [2.24, 2.45) is 0 Å². The molecule has 1 aromatic carbocycles. The fraction of sp³-hybridized carbons (Fsp3) is 0.444. The van der Waals surface area contributed by atoms with E-state index in [1.54, 1.807) is 28.0 Å². The molecule has 0 N–H and O–H groups in total. The quantitative estimate of drug-likeness (QED) is 0.543. The van der Waals surface area contributed by atoms with Gasteiger partial charge in [0.2, 0.25) is 0 Å². The minimum atomic E-state index is -0.0717. The molecule has 0 unspecified atom stereocenters. The van der Waals surface area contributed by atoms with E-state index in [-0.39, 0.29) is 11.9 Å². The number of likely N-dealkylation sites (N-methyl/N-ethyl adjacent to an activating group) is 1. The molecule has 0 atom stereocenters. The molecule has 1 amide bonds. The maximum atomic E-state index is 13.0. The van der Waals surface area contributed by atoms with Crippen molar-refractivity contribution < 1.29 is 9.53 Å². The lowest BCUT2D eigenvalue weighted by Crippen LogP contribution is -2.41. The molecule has 25 heavy (non-hydrogen) atoms. The minimum absolute atomic E-state index is 0.0717. The fourth-order valence-corrected chi connectivity index (χ4v) is 4.40. The first-order valence-corrected chi connectivity index (χ1v) is 9.46. The van der Waals surface area contributed by atoms with Crippen molar-refractivity contribution in [2.45, 2.75) is 38.1 Å². The van der Waals surface area contributed by atoms with Crippen molar-refractivity contribution in [3.8, 4) is 5.75 Å². The molecule has 0 aromatic heterocycles. The van der Waals surface area contributed by atoms with Crippen LogP contribution in [0.4, 0.5) is 0 Å². The average molecular weight is 399 g/mol. The number of carbonyl (C=O) groups is 1. The summed E-state index contributed by atoms with van der Waals surface area (Å²) in [7, 11) is 3.35. The van der Waals surface area contributed by atoms with Gasteiger partial charge in [0, 0.05) is 23.7 Å². The first-order chi connectivity index (χ1) is 11.9. The van der Waals surface area contributed by atoms with Crippen LogP contribution >= 0.6 is 35.4 Å². The molecular formula is C18H20Cl2N2O2S. The van der Waals surface area contributed by atoms with E-state index in [1.165, 1.54) is 13.5 Å². The summed E-state index contributed by atoms with van der Waals surface area (Å²) in [6.07, 6.45) is 7.24. The number of benzene rings is 1. The number of amides is 1. The van der Waals surface area contributed by atoms with Gasteiger partial charge in [-0.25, -0.2) is 0 Å². The molecule has 7 heteroatoms. The van der Waals surface area contributed by atoms with Crippen LogP contribution < -0.4 is 4.74 Å². The number of rotatable bonds is 3. The van der Waals surface area contributed by atoms with E-state index < -0.39 is 0 Å². The number of nitrogens with zero attached hydrogens (tertiary/aromatic N) is 2. The zero-order valence-electron chi connectivity index (χ0n) is 14.2. The Hall–Kier alpha value is -1.30. The summed E-state index contributed by atoms with van der Waals surface area (Å²) in [6.45, 7) is 0. The summed E-state index contributed by atoms with van der Waals surface area (Å²) in [5, 5.41) is 1.44. The van der Waals surface area contributed by atoms with Crippen LogP contribution in [0.2, 0.25) is 10.0 Å². The van der Waals surface area contributed by atoms with E-state index in [9.17, 15) is 4.79 Å². The molecule has 1 aromatic rings. The van der Waals surface area contributed by atoms with Gasteiger partial charge in [0.25, 0.3) is 5.91 Å². The fourth-order valence-electron chi connectivity index (χ4n) is 3.49. The van der Waals surface area contributed by atoms with Gasteiger partial charge >= 0.3 is 0 Å². The largest absolute Gasteiger partial charge is 0.495 e. The number of carbonyl (C=O) groups excluding carboxylic acids is 1. The lowest BCUT2D eigenvalue weighted by molar-refractivity contribution is -0.124. The molecule has 134 valence electrons. The lowest BCUT2D eigenvalue weighted by Gasteiger charge is -2.30. The summed E-state index contributed by atoms with van der Waals surface area (Å²) in [6, 6.07) is 3.53. The van der Waals surface area contributed by atoms with Gasteiger partial charge < -0.3 is 9.64 Å². The lowest BCUT2D eigenvalue weighted by atomic mass is 9.94. The van der Waals surface area contributed by atoms with E-state index in [0.717, 1.165) is 25.7 Å². The van der Waals surface area contributed by atoms with Crippen LogP contribution in [0.3, 0.4) is 0 Å². The number of hydrogen-bond donors (Lipinski definition) is 0. The van der Waals surface area contributed by atoms with Crippen molar-refractivity contribution in [2.75, 3.05) is 14.2 Å². The third-order valence-corrected chi connectivity index (χ3v) is 5.74. The molecule has 2 aliphatic rings. The van der Waals surface area contributed by atoms with Crippen LogP contribution in [0.15, 0.2) is 17.8 Å². The first-order valence-electron chi connectivity index (χ1n) is 8.30. The molecule has 1 saturated carbocycles. The Kier molecular flexibility index (Phi) is 5.56. The molecule has 1 aliphatic carbocycles. The Morgan fingerprint density at radius 3 is 2.56 bits per heavy atom. The monoisotopic (exact) mass is 398 g/mol. The summed E-state index contributed by atoms with van der Waals surface area (Å²) in [5.74, 6) is 0.416. The number of thiocarbonyl (C=S) groups is 1. The third-order valence-electron chi connectivity index (χ3n) is 4.77. The number of hydrogen-bond acceptors (Lipinski definition) is 3. The number of methoxy groups -OCH3 is 1. The molecule has 4 nitrogen and oxygen atoms in total. The third kappa shape index (κ3) is 3.50. The van der Waals surface area contributed by atoms with Crippen LogP contribution in [-0.2, 0) is 4.79 Å². The smallest absolute Gasteiger partial charge is 0.277 e. The Balaban J connectivity index is 1.98. The molecule has 2 fully saturated rings. The Bertz CT molecular complexity index is 745. The molecule has 0 bridgehead atoms. The van der Waals surface area contributed by atoms with Crippen LogP contribution in [0.1, 0.15) is 37.7 Å². The molecule has 3 rings (SSSR count). The second-order valence-corrected chi connectivity index (χ2v) is 7.56. The topological polar surface area (TPSA) is 32.8 Å². The number of ether oxygens (including phenoxy) is 1. The average Bonchev–Trinajstić information content (AvgIpc) is 2.79. The summed E-state index contributed by atoms with van der Waals surface area (Å²) in [4.78, 5) is 16.5. The number of halogens is 2. The molecule has 0 radical (unpaired) electrons. The van der Waals surface area contributed by atoms with Crippen molar-refractivity contribution in [3.63, 3.8) is 0 Å². The van der Waals surface area contributed by atoms with Gasteiger partial charge in [-0.05, 0) is 43.3 Å². The molecule has 1 saturated heterocycles. The van der Waals surface area contributed by atoms with Crippen molar-refractivity contribution in [1.82, 2.24) is 9.80 Å². The summed E-state index contributed by atoms with van der Waals surface area (Å²) in [5.41, 5.74) is 1.16. The van der Waals surface area contributed by atoms with E-state index in [4.69, 9.17) is 40.2 Å². The van der Waals surface area contributed by atoms with E-state index in [2.05, 4.69) is 0 Å². The van der Waals surface area contributed by atoms with Crippen LogP contribution in [0, 0.1) is 0 Å². The van der Waals surface area contributed by atoms with Crippen molar-refractivity contribution in [3.05, 3.63) is 33.4 Å². The summed E-state index contributed by atoms with van der Waals surface area (Å²) < 4.78 is 5.37. The Morgan fingerprint density at radius 2 is 1.92 bits per heavy atom. The van der Waals surface area contributed by atoms with Gasteiger partial charge in [0.05, 0.1) is 12.1 Å². The highest BCUT2D eigenvalue weighted by Crippen LogP contribution is 2.36. The van der Waals surface area contributed by atoms with Crippen molar-refractivity contribution >= 4 is 52.5 Å². The predicted molar refractivity (Wildman–Crippen MR) is 105 cm³/mol. The van der Waals surface area contributed by atoms with Gasteiger partial charge in [-0.3, -0.25) is 9.69 Å². The van der Waals surface area contributed by atoms with E-state index in [1.807, 2.05) is 7.05 Å². The van der Waals surface area contributed by atoms with Crippen LogP contribution in [0.5, 0.6) is 5.75 Å². The zero-order valence-corrected chi connectivity index (χ0v) is 16.5.